The topological polar surface area (TPSA) is 42.7 Å². The Morgan fingerprint density at radius 1 is 1.00 bits per heavy atom. The number of thiazole rings is 1. The second kappa shape index (κ2) is 6.06. The lowest BCUT2D eigenvalue weighted by atomic mass is 10.2. The van der Waals surface area contributed by atoms with Crippen LogP contribution >= 0.6 is 11.3 Å². The maximum absolute atomic E-state index is 4.66. The summed E-state index contributed by atoms with van der Waals surface area (Å²) in [4.78, 5) is 8.74. The molecule has 4 nitrogen and oxygen atoms in total. The highest BCUT2D eigenvalue weighted by atomic mass is 32.1. The van der Waals surface area contributed by atoms with E-state index in [1.54, 1.807) is 23.9 Å². The average Bonchev–Trinajstić information content (AvgIpc) is 3.28. The molecule has 112 valence electrons. The van der Waals surface area contributed by atoms with E-state index in [0.29, 0.717) is 0 Å². The number of hydrogen-bond donors (Lipinski definition) is 1. The highest BCUT2D eigenvalue weighted by Crippen LogP contribution is 2.27. The van der Waals surface area contributed by atoms with E-state index in [1.165, 1.54) is 0 Å². The van der Waals surface area contributed by atoms with Gasteiger partial charge in [0.2, 0.25) is 0 Å². The zero-order valence-corrected chi connectivity index (χ0v) is 13.1. The SMILES string of the molecule is c1ccc(-c2csc(Nc3cccc(-n4ccnc4)c3)n2)cc1. The molecule has 0 atom stereocenters. The molecule has 0 spiro atoms. The molecule has 0 aliphatic heterocycles. The summed E-state index contributed by atoms with van der Waals surface area (Å²) in [7, 11) is 0. The summed E-state index contributed by atoms with van der Waals surface area (Å²) in [5.74, 6) is 0. The largest absolute Gasteiger partial charge is 0.331 e. The summed E-state index contributed by atoms with van der Waals surface area (Å²) in [5, 5.41) is 6.32. The van der Waals surface area contributed by atoms with Gasteiger partial charge in [0.25, 0.3) is 0 Å². The molecule has 0 aliphatic carbocycles. The Labute approximate surface area is 138 Å². The molecule has 0 aliphatic rings. The van der Waals surface area contributed by atoms with Gasteiger partial charge in [0.05, 0.1) is 12.0 Å². The fraction of sp³-hybridized carbons (Fsp3) is 0. The minimum absolute atomic E-state index is 0.881. The summed E-state index contributed by atoms with van der Waals surface area (Å²) >= 11 is 1.60. The molecular weight excluding hydrogens is 304 g/mol. The first kappa shape index (κ1) is 13.7. The highest BCUT2D eigenvalue weighted by molar-refractivity contribution is 7.14. The van der Waals surface area contributed by atoms with Gasteiger partial charge in [-0.25, -0.2) is 9.97 Å². The molecule has 0 fully saturated rings. The molecule has 23 heavy (non-hydrogen) atoms. The van der Waals surface area contributed by atoms with E-state index in [2.05, 4.69) is 38.9 Å². The van der Waals surface area contributed by atoms with Gasteiger partial charge >= 0.3 is 0 Å². The van der Waals surface area contributed by atoms with Gasteiger partial charge in [-0.15, -0.1) is 11.3 Å². The van der Waals surface area contributed by atoms with Crippen LogP contribution in [0.5, 0.6) is 0 Å². The van der Waals surface area contributed by atoms with E-state index in [9.17, 15) is 0 Å². The van der Waals surface area contributed by atoms with Gasteiger partial charge in [0, 0.05) is 34.7 Å². The predicted octanol–water partition coefficient (Wildman–Crippen LogP) is 4.74. The molecule has 2 heterocycles. The molecule has 0 amide bonds. The maximum atomic E-state index is 4.66. The number of rotatable bonds is 4. The minimum Gasteiger partial charge on any atom is -0.331 e. The van der Waals surface area contributed by atoms with Gasteiger partial charge in [-0.2, -0.15) is 0 Å². The Morgan fingerprint density at radius 2 is 1.91 bits per heavy atom. The van der Waals surface area contributed by atoms with Crippen LogP contribution in [0.2, 0.25) is 0 Å². The predicted molar refractivity (Wildman–Crippen MR) is 94.4 cm³/mol. The van der Waals surface area contributed by atoms with Crippen molar-refractivity contribution in [3.05, 3.63) is 78.7 Å². The lowest BCUT2D eigenvalue weighted by Crippen LogP contribution is -1.93. The zero-order valence-electron chi connectivity index (χ0n) is 12.3. The van der Waals surface area contributed by atoms with Crippen LogP contribution in [-0.4, -0.2) is 14.5 Å². The number of imidazole rings is 1. The van der Waals surface area contributed by atoms with E-state index in [0.717, 1.165) is 27.8 Å². The maximum Gasteiger partial charge on any atom is 0.187 e. The van der Waals surface area contributed by atoms with Crippen molar-refractivity contribution < 1.29 is 0 Å². The van der Waals surface area contributed by atoms with Crippen LogP contribution in [0.15, 0.2) is 78.7 Å². The highest BCUT2D eigenvalue weighted by Gasteiger charge is 2.05. The fourth-order valence-corrected chi connectivity index (χ4v) is 3.09. The van der Waals surface area contributed by atoms with Crippen molar-refractivity contribution in [3.63, 3.8) is 0 Å². The van der Waals surface area contributed by atoms with Crippen LogP contribution in [0.1, 0.15) is 0 Å². The van der Waals surface area contributed by atoms with E-state index >= 15 is 0 Å². The van der Waals surface area contributed by atoms with Crippen LogP contribution < -0.4 is 5.32 Å². The first-order chi connectivity index (χ1) is 11.4. The lowest BCUT2D eigenvalue weighted by molar-refractivity contribution is 1.06. The third kappa shape index (κ3) is 3.00. The number of nitrogens with one attached hydrogen (secondary N) is 1. The molecule has 4 rings (SSSR count). The van der Waals surface area contributed by atoms with Crippen molar-refractivity contribution >= 4 is 22.2 Å². The second-order valence-corrected chi connectivity index (χ2v) is 5.91. The molecule has 0 radical (unpaired) electrons. The molecule has 0 bridgehead atoms. The van der Waals surface area contributed by atoms with Crippen LogP contribution in [0.25, 0.3) is 16.9 Å². The van der Waals surface area contributed by atoms with Gasteiger partial charge in [-0.1, -0.05) is 36.4 Å². The van der Waals surface area contributed by atoms with Crippen molar-refractivity contribution in [3.8, 4) is 16.9 Å². The van der Waals surface area contributed by atoms with Crippen molar-refractivity contribution in [1.82, 2.24) is 14.5 Å². The summed E-state index contributed by atoms with van der Waals surface area (Å²) in [6.07, 6.45) is 5.49. The van der Waals surface area contributed by atoms with Crippen molar-refractivity contribution in [2.75, 3.05) is 5.32 Å². The lowest BCUT2D eigenvalue weighted by Gasteiger charge is -2.06. The Bertz CT molecular complexity index is 898. The average molecular weight is 318 g/mol. The number of hydrogen-bond acceptors (Lipinski definition) is 4. The van der Waals surface area contributed by atoms with Crippen molar-refractivity contribution in [2.24, 2.45) is 0 Å². The standard InChI is InChI=1S/C18H14N4S/c1-2-5-14(6-3-1)17-12-23-18(21-17)20-15-7-4-8-16(11-15)22-10-9-19-13-22/h1-13H,(H,20,21). The summed E-state index contributed by atoms with van der Waals surface area (Å²) < 4.78 is 1.97. The Hall–Kier alpha value is -2.92. The molecule has 4 aromatic rings. The van der Waals surface area contributed by atoms with Gasteiger partial charge in [0.1, 0.15) is 0 Å². The quantitative estimate of drug-likeness (QED) is 0.591. The Morgan fingerprint density at radius 3 is 2.74 bits per heavy atom. The van der Waals surface area contributed by atoms with Crippen LogP contribution in [-0.2, 0) is 0 Å². The van der Waals surface area contributed by atoms with Crippen LogP contribution in [0.4, 0.5) is 10.8 Å². The minimum atomic E-state index is 0.881. The molecule has 1 N–H and O–H groups in total. The third-order valence-corrected chi connectivity index (χ3v) is 4.23. The fourth-order valence-electron chi connectivity index (χ4n) is 2.35. The Balaban J connectivity index is 1.57. The molecule has 0 saturated heterocycles. The normalized spacial score (nSPS) is 10.6. The van der Waals surface area contributed by atoms with Gasteiger partial charge in [-0.05, 0) is 18.2 Å². The zero-order chi connectivity index (χ0) is 15.5. The van der Waals surface area contributed by atoms with Gasteiger partial charge in [0.15, 0.2) is 5.13 Å². The smallest absolute Gasteiger partial charge is 0.187 e. The second-order valence-electron chi connectivity index (χ2n) is 5.05. The van der Waals surface area contributed by atoms with E-state index in [4.69, 9.17) is 0 Å². The first-order valence-electron chi connectivity index (χ1n) is 7.25. The third-order valence-electron chi connectivity index (χ3n) is 3.47. The van der Waals surface area contributed by atoms with Crippen LogP contribution in [0, 0.1) is 0 Å². The molecule has 2 aromatic carbocycles. The number of benzene rings is 2. The van der Waals surface area contributed by atoms with Crippen molar-refractivity contribution in [2.45, 2.75) is 0 Å². The summed E-state index contributed by atoms with van der Waals surface area (Å²) in [6, 6.07) is 18.4. The number of anilines is 2. The molecule has 0 unspecified atom stereocenters. The Kier molecular flexibility index (Phi) is 3.62. The molecule has 5 heteroatoms. The number of nitrogens with zero attached hydrogens (tertiary/aromatic N) is 3. The summed E-state index contributed by atoms with van der Waals surface area (Å²) in [5.41, 5.74) is 4.19. The summed E-state index contributed by atoms with van der Waals surface area (Å²) in [6.45, 7) is 0. The molecular formula is C18H14N4S. The van der Waals surface area contributed by atoms with Gasteiger partial charge < -0.3 is 9.88 Å². The van der Waals surface area contributed by atoms with Gasteiger partial charge in [-0.3, -0.25) is 0 Å². The van der Waals surface area contributed by atoms with Crippen LogP contribution in [0.3, 0.4) is 0 Å². The number of aromatic nitrogens is 3. The van der Waals surface area contributed by atoms with E-state index in [1.807, 2.05) is 47.2 Å². The van der Waals surface area contributed by atoms with Crippen molar-refractivity contribution in [1.29, 1.82) is 0 Å². The monoisotopic (exact) mass is 318 g/mol. The molecule has 2 aromatic heterocycles. The van der Waals surface area contributed by atoms with E-state index < -0.39 is 0 Å². The van der Waals surface area contributed by atoms with E-state index in [-0.39, 0.29) is 0 Å². The molecule has 0 saturated carbocycles. The first-order valence-corrected chi connectivity index (χ1v) is 8.13.